The Morgan fingerprint density at radius 1 is 1.17 bits per heavy atom. The van der Waals surface area contributed by atoms with E-state index in [-0.39, 0.29) is 0 Å². The molecule has 0 aliphatic carbocycles. The predicted octanol–water partition coefficient (Wildman–Crippen LogP) is 4.24. The minimum atomic E-state index is 0.649. The highest BCUT2D eigenvalue weighted by Gasteiger charge is 2.07. The number of fused-ring (bicyclic) bond motifs is 1. The quantitative estimate of drug-likeness (QED) is 0.733. The van der Waals surface area contributed by atoms with Crippen LogP contribution in [0, 0.1) is 0 Å². The van der Waals surface area contributed by atoms with Gasteiger partial charge in [-0.05, 0) is 28.1 Å². The lowest BCUT2D eigenvalue weighted by atomic mass is 10.2. The number of hydrogen-bond acceptors (Lipinski definition) is 0. The highest BCUT2D eigenvalue weighted by Crippen LogP contribution is 2.34. The van der Waals surface area contributed by atoms with Crippen molar-refractivity contribution in [2.24, 2.45) is 0 Å². The molecule has 1 aromatic heterocycles. The fraction of sp³-hybridized carbons (Fsp3) is 0. The molecule has 1 aromatic carbocycles. The molecule has 0 aliphatic heterocycles. The van der Waals surface area contributed by atoms with E-state index in [2.05, 4.69) is 20.9 Å². The van der Waals surface area contributed by atoms with Crippen LogP contribution in [0.2, 0.25) is 10.0 Å². The minimum Gasteiger partial charge on any atom is -0.359 e. The molecule has 4 heteroatoms. The number of aromatic amines is 1. The maximum absolute atomic E-state index is 5.95. The Bertz CT molecular complexity index is 436. The van der Waals surface area contributed by atoms with Crippen LogP contribution in [0.5, 0.6) is 0 Å². The van der Waals surface area contributed by atoms with Gasteiger partial charge in [0.15, 0.2) is 0 Å². The van der Waals surface area contributed by atoms with Gasteiger partial charge in [0.25, 0.3) is 0 Å². The third kappa shape index (κ3) is 1.15. The second kappa shape index (κ2) is 2.95. The van der Waals surface area contributed by atoms with Gasteiger partial charge >= 0.3 is 0 Å². The van der Waals surface area contributed by atoms with E-state index in [9.17, 15) is 0 Å². The monoisotopic (exact) mass is 263 g/mol. The van der Waals surface area contributed by atoms with Gasteiger partial charge in [-0.2, -0.15) is 0 Å². The third-order valence-electron chi connectivity index (χ3n) is 1.69. The molecule has 0 aliphatic rings. The fourth-order valence-corrected chi connectivity index (χ4v) is 2.14. The Labute approximate surface area is 87.8 Å². The first-order chi connectivity index (χ1) is 5.70. The summed E-state index contributed by atoms with van der Waals surface area (Å²) in [6, 6.07) is 3.70. The summed E-state index contributed by atoms with van der Waals surface area (Å²) in [6.45, 7) is 0. The first-order valence-electron chi connectivity index (χ1n) is 3.30. The van der Waals surface area contributed by atoms with Gasteiger partial charge in [-0.15, -0.1) is 0 Å². The molecular weight excluding hydrogens is 261 g/mol. The SMILES string of the molecule is Clc1ccc(Br)c2[nH]cc(Cl)c12. The van der Waals surface area contributed by atoms with Gasteiger partial charge in [0.1, 0.15) is 0 Å². The lowest BCUT2D eigenvalue weighted by molar-refractivity contribution is 1.47. The molecule has 0 saturated heterocycles. The van der Waals surface area contributed by atoms with E-state index in [1.54, 1.807) is 6.20 Å². The fourth-order valence-electron chi connectivity index (χ4n) is 1.13. The van der Waals surface area contributed by atoms with Gasteiger partial charge in [0, 0.05) is 16.1 Å². The molecule has 0 amide bonds. The molecule has 0 bridgehead atoms. The zero-order chi connectivity index (χ0) is 8.72. The lowest BCUT2D eigenvalue weighted by Crippen LogP contribution is -1.71. The number of rotatable bonds is 0. The largest absolute Gasteiger partial charge is 0.359 e. The average molecular weight is 265 g/mol. The van der Waals surface area contributed by atoms with E-state index in [1.807, 2.05) is 12.1 Å². The van der Waals surface area contributed by atoms with Crippen LogP contribution in [0.4, 0.5) is 0 Å². The van der Waals surface area contributed by atoms with Gasteiger partial charge in [0.05, 0.1) is 15.6 Å². The summed E-state index contributed by atoms with van der Waals surface area (Å²) in [6.07, 6.45) is 1.73. The summed E-state index contributed by atoms with van der Waals surface area (Å²) in [5.74, 6) is 0. The number of aromatic nitrogens is 1. The first-order valence-corrected chi connectivity index (χ1v) is 4.85. The maximum atomic E-state index is 5.95. The van der Waals surface area contributed by atoms with E-state index in [0.717, 1.165) is 15.4 Å². The molecular formula is C8H4BrCl2N. The molecule has 2 rings (SSSR count). The maximum Gasteiger partial charge on any atom is 0.0674 e. The van der Waals surface area contributed by atoms with Crippen molar-refractivity contribution < 1.29 is 0 Å². The van der Waals surface area contributed by atoms with Crippen LogP contribution in [0.1, 0.15) is 0 Å². The van der Waals surface area contributed by atoms with E-state index in [1.165, 1.54) is 0 Å². The van der Waals surface area contributed by atoms with E-state index in [4.69, 9.17) is 23.2 Å². The first kappa shape index (κ1) is 8.42. The molecule has 1 N–H and O–H groups in total. The highest BCUT2D eigenvalue weighted by molar-refractivity contribution is 9.10. The number of nitrogens with one attached hydrogen (secondary N) is 1. The number of H-pyrrole nitrogens is 1. The summed E-state index contributed by atoms with van der Waals surface area (Å²) in [5.41, 5.74) is 0.938. The number of benzene rings is 1. The van der Waals surface area contributed by atoms with Crippen LogP contribution in [0.15, 0.2) is 22.8 Å². The Hall–Kier alpha value is -0.180. The van der Waals surface area contributed by atoms with Crippen molar-refractivity contribution in [1.29, 1.82) is 0 Å². The van der Waals surface area contributed by atoms with Crippen LogP contribution in [0.25, 0.3) is 10.9 Å². The zero-order valence-corrected chi connectivity index (χ0v) is 8.96. The van der Waals surface area contributed by atoms with Crippen molar-refractivity contribution in [2.45, 2.75) is 0 Å². The summed E-state index contributed by atoms with van der Waals surface area (Å²) >= 11 is 15.3. The number of hydrogen-bond donors (Lipinski definition) is 1. The third-order valence-corrected chi connectivity index (χ3v) is 2.96. The van der Waals surface area contributed by atoms with Crippen LogP contribution in [0.3, 0.4) is 0 Å². The van der Waals surface area contributed by atoms with Gasteiger partial charge in [-0.3, -0.25) is 0 Å². The molecule has 12 heavy (non-hydrogen) atoms. The second-order valence-corrected chi connectivity index (χ2v) is 4.08. The lowest BCUT2D eigenvalue weighted by Gasteiger charge is -1.96. The van der Waals surface area contributed by atoms with Gasteiger partial charge < -0.3 is 4.98 Å². The van der Waals surface area contributed by atoms with Gasteiger partial charge in [0.2, 0.25) is 0 Å². The summed E-state index contributed by atoms with van der Waals surface area (Å²) < 4.78 is 0.966. The van der Waals surface area contributed by atoms with Crippen molar-refractivity contribution in [3.8, 4) is 0 Å². The molecule has 1 nitrogen and oxygen atoms in total. The van der Waals surface area contributed by atoms with E-state index in [0.29, 0.717) is 10.0 Å². The van der Waals surface area contributed by atoms with E-state index >= 15 is 0 Å². The second-order valence-electron chi connectivity index (χ2n) is 2.42. The summed E-state index contributed by atoms with van der Waals surface area (Å²) in [5, 5.41) is 2.18. The van der Waals surface area contributed by atoms with Crippen LogP contribution in [-0.4, -0.2) is 4.98 Å². The van der Waals surface area contributed by atoms with Crippen molar-refractivity contribution >= 4 is 50.0 Å². The molecule has 1 heterocycles. The van der Waals surface area contributed by atoms with Gasteiger partial charge in [-0.25, -0.2) is 0 Å². The van der Waals surface area contributed by atoms with Crippen molar-refractivity contribution in [3.05, 3.63) is 32.8 Å². The van der Waals surface area contributed by atoms with Crippen molar-refractivity contribution in [1.82, 2.24) is 4.98 Å². The van der Waals surface area contributed by atoms with Gasteiger partial charge in [-0.1, -0.05) is 23.2 Å². The summed E-state index contributed by atoms with van der Waals surface area (Å²) in [7, 11) is 0. The molecule has 0 unspecified atom stereocenters. The Morgan fingerprint density at radius 2 is 1.92 bits per heavy atom. The standard InChI is InChI=1S/C8H4BrCl2N/c9-4-1-2-5(10)7-6(11)3-12-8(4)7/h1-3,12H. The zero-order valence-electron chi connectivity index (χ0n) is 5.87. The van der Waals surface area contributed by atoms with Crippen LogP contribution in [-0.2, 0) is 0 Å². The Kier molecular flexibility index (Phi) is 2.07. The molecule has 0 fully saturated rings. The Balaban J connectivity index is 2.98. The highest BCUT2D eigenvalue weighted by atomic mass is 79.9. The van der Waals surface area contributed by atoms with E-state index < -0.39 is 0 Å². The molecule has 0 atom stereocenters. The Morgan fingerprint density at radius 3 is 2.58 bits per heavy atom. The molecule has 62 valence electrons. The normalized spacial score (nSPS) is 10.9. The smallest absolute Gasteiger partial charge is 0.0674 e. The van der Waals surface area contributed by atoms with Crippen LogP contribution < -0.4 is 0 Å². The van der Waals surface area contributed by atoms with Crippen molar-refractivity contribution in [2.75, 3.05) is 0 Å². The molecule has 2 aromatic rings. The number of halogens is 3. The topological polar surface area (TPSA) is 15.8 Å². The van der Waals surface area contributed by atoms with Crippen LogP contribution >= 0.6 is 39.1 Å². The average Bonchev–Trinajstić information content (AvgIpc) is 2.42. The summed E-state index contributed by atoms with van der Waals surface area (Å²) in [4.78, 5) is 3.03. The predicted molar refractivity (Wildman–Crippen MR) is 56.0 cm³/mol. The molecule has 0 spiro atoms. The molecule has 0 saturated carbocycles. The molecule has 0 radical (unpaired) electrons. The van der Waals surface area contributed by atoms with Crippen molar-refractivity contribution in [3.63, 3.8) is 0 Å². The minimum absolute atomic E-state index is 0.649.